The third-order valence-electron chi connectivity index (χ3n) is 13.0. The van der Waals surface area contributed by atoms with Crippen LogP contribution < -0.4 is 4.90 Å². The Hall–Kier alpha value is -8.52. The van der Waals surface area contributed by atoms with Gasteiger partial charge in [-0.2, -0.15) is 0 Å². The second-order valence-electron chi connectivity index (χ2n) is 16.9. The summed E-state index contributed by atoms with van der Waals surface area (Å²) in [6.45, 7) is 0. The van der Waals surface area contributed by atoms with Gasteiger partial charge in [0, 0.05) is 16.9 Å². The average molecular weight is 826 g/mol. The minimum absolute atomic E-state index is 1.08. The van der Waals surface area contributed by atoms with E-state index < -0.39 is 0 Å². The topological polar surface area (TPSA) is 3.24 Å². The van der Waals surface area contributed by atoms with Gasteiger partial charge in [0.1, 0.15) is 0 Å². The van der Waals surface area contributed by atoms with Crippen LogP contribution in [0.5, 0.6) is 0 Å². The molecule has 1 nitrogen and oxygen atoms in total. The van der Waals surface area contributed by atoms with Crippen LogP contribution in [0.2, 0.25) is 0 Å². The van der Waals surface area contributed by atoms with Gasteiger partial charge in [-0.1, -0.05) is 212 Å². The fourth-order valence-electron chi connectivity index (χ4n) is 9.67. The van der Waals surface area contributed by atoms with Crippen molar-refractivity contribution in [3.8, 4) is 55.6 Å². The van der Waals surface area contributed by atoms with Crippen molar-refractivity contribution in [3.63, 3.8) is 0 Å². The maximum Gasteiger partial charge on any atom is 0.0546 e. The van der Waals surface area contributed by atoms with Crippen LogP contribution in [0.1, 0.15) is 0 Å². The van der Waals surface area contributed by atoms with Gasteiger partial charge >= 0.3 is 0 Å². The summed E-state index contributed by atoms with van der Waals surface area (Å²) in [7, 11) is 0. The van der Waals surface area contributed by atoms with Gasteiger partial charge in [-0.3, -0.25) is 0 Å². The van der Waals surface area contributed by atoms with E-state index in [9.17, 15) is 0 Å². The van der Waals surface area contributed by atoms with Crippen molar-refractivity contribution in [2.75, 3.05) is 4.90 Å². The molecule has 0 saturated heterocycles. The molecule has 0 aliphatic carbocycles. The summed E-state index contributed by atoms with van der Waals surface area (Å²) >= 11 is 0. The Balaban J connectivity index is 1.03. The second-order valence-corrected chi connectivity index (χ2v) is 16.9. The lowest BCUT2D eigenvalue weighted by Gasteiger charge is -2.29. The number of hydrogen-bond acceptors (Lipinski definition) is 1. The van der Waals surface area contributed by atoms with Gasteiger partial charge in [-0.25, -0.2) is 0 Å². The molecule has 0 spiro atoms. The molecule has 0 aliphatic rings. The van der Waals surface area contributed by atoms with E-state index in [-0.39, 0.29) is 0 Å². The predicted molar refractivity (Wildman–Crippen MR) is 278 cm³/mol. The first-order valence-corrected chi connectivity index (χ1v) is 22.4. The summed E-state index contributed by atoms with van der Waals surface area (Å²) < 4.78 is 0. The Kier molecular flexibility index (Phi) is 9.58. The highest BCUT2D eigenvalue weighted by atomic mass is 15.1. The molecule has 0 saturated carbocycles. The Labute approximate surface area is 379 Å². The van der Waals surface area contributed by atoms with E-state index in [2.05, 4.69) is 266 Å². The normalized spacial score (nSPS) is 11.4. The monoisotopic (exact) mass is 825 g/mol. The number of anilines is 3. The molecule has 0 aromatic heterocycles. The van der Waals surface area contributed by atoms with Crippen LogP contribution in [0.15, 0.2) is 261 Å². The van der Waals surface area contributed by atoms with Gasteiger partial charge < -0.3 is 4.90 Å². The maximum atomic E-state index is 2.44. The van der Waals surface area contributed by atoms with Crippen molar-refractivity contribution in [2.45, 2.75) is 0 Å². The molecule has 12 rings (SSSR count). The Morgan fingerprint density at radius 2 is 0.615 bits per heavy atom. The number of hydrogen-bond donors (Lipinski definition) is 0. The van der Waals surface area contributed by atoms with Crippen LogP contribution in [0.4, 0.5) is 17.1 Å². The molecule has 0 unspecified atom stereocenters. The van der Waals surface area contributed by atoms with Crippen molar-refractivity contribution in [3.05, 3.63) is 261 Å². The lowest BCUT2D eigenvalue weighted by Crippen LogP contribution is -2.11. The number of benzene rings is 12. The van der Waals surface area contributed by atoms with Crippen molar-refractivity contribution in [1.82, 2.24) is 0 Å². The molecule has 0 bridgehead atoms. The first kappa shape index (κ1) is 38.2. The first-order chi connectivity index (χ1) is 32.2. The molecule has 0 N–H and O–H groups in total. The number of nitrogens with zero attached hydrogens (tertiary/aromatic N) is 1. The van der Waals surface area contributed by atoms with Crippen LogP contribution >= 0.6 is 0 Å². The van der Waals surface area contributed by atoms with Gasteiger partial charge in [0.15, 0.2) is 0 Å². The summed E-state index contributed by atoms with van der Waals surface area (Å²) in [6.07, 6.45) is 0. The third-order valence-corrected chi connectivity index (χ3v) is 13.0. The standard InChI is InChI=1S/C64H43N/c1-2-12-44(13-3-1)47-22-24-48(25-23-47)49-30-35-57(36-31-49)65(58-37-32-50(33-38-58)63-42-55-18-8-9-19-59(55)61-20-10-11-21-62(61)63)64-43-54(53-28-26-45-14-4-6-16-51(45)40-53)34-39-60(64)56-29-27-46-15-5-7-17-52(46)41-56/h1-43H. The van der Waals surface area contributed by atoms with E-state index in [0.29, 0.717) is 0 Å². The zero-order valence-corrected chi connectivity index (χ0v) is 35.8. The molecular formula is C64H43N. The maximum absolute atomic E-state index is 2.44. The molecular weight excluding hydrogens is 783 g/mol. The van der Waals surface area contributed by atoms with Gasteiger partial charge in [0.2, 0.25) is 0 Å². The molecule has 12 aromatic carbocycles. The fraction of sp³-hybridized carbons (Fsp3) is 0. The molecule has 0 heterocycles. The quantitative estimate of drug-likeness (QED) is 0.138. The minimum atomic E-state index is 1.08. The minimum Gasteiger partial charge on any atom is -0.310 e. The largest absolute Gasteiger partial charge is 0.310 e. The van der Waals surface area contributed by atoms with Crippen molar-refractivity contribution in [1.29, 1.82) is 0 Å². The molecule has 0 radical (unpaired) electrons. The smallest absolute Gasteiger partial charge is 0.0546 e. The lowest BCUT2D eigenvalue weighted by molar-refractivity contribution is 1.28. The highest BCUT2D eigenvalue weighted by molar-refractivity contribution is 6.14. The average Bonchev–Trinajstić information content (AvgIpc) is 3.39. The van der Waals surface area contributed by atoms with E-state index in [1.807, 2.05) is 0 Å². The van der Waals surface area contributed by atoms with Crippen LogP contribution in [-0.4, -0.2) is 0 Å². The number of fused-ring (bicyclic) bond motifs is 5. The third kappa shape index (κ3) is 7.20. The van der Waals surface area contributed by atoms with E-state index in [0.717, 1.165) is 28.2 Å². The summed E-state index contributed by atoms with van der Waals surface area (Å²) in [5.74, 6) is 0. The van der Waals surface area contributed by atoms with Crippen molar-refractivity contribution >= 4 is 60.2 Å². The van der Waals surface area contributed by atoms with E-state index in [1.165, 1.54) is 87.6 Å². The first-order valence-electron chi connectivity index (χ1n) is 22.4. The SMILES string of the molecule is c1ccc(-c2ccc(-c3ccc(N(c4ccc(-c5cc6ccccc6c6ccccc56)cc4)c4cc(-c5ccc6ccccc6c5)ccc4-c4ccc5ccccc5c4)cc3)cc2)cc1. The zero-order valence-electron chi connectivity index (χ0n) is 35.8. The highest BCUT2D eigenvalue weighted by Crippen LogP contribution is 2.45. The zero-order chi connectivity index (χ0) is 43.1. The summed E-state index contributed by atoms with van der Waals surface area (Å²) in [5, 5.41) is 9.95. The molecule has 0 fully saturated rings. The number of rotatable bonds is 8. The molecule has 0 amide bonds. The Bertz CT molecular complexity index is 3680. The molecule has 304 valence electrons. The molecule has 0 aliphatic heterocycles. The molecule has 0 atom stereocenters. The summed E-state index contributed by atoms with van der Waals surface area (Å²) in [6, 6.07) is 95.5. The van der Waals surface area contributed by atoms with E-state index in [4.69, 9.17) is 0 Å². The van der Waals surface area contributed by atoms with Crippen molar-refractivity contribution < 1.29 is 0 Å². The summed E-state index contributed by atoms with van der Waals surface area (Å²) in [5.41, 5.74) is 15.1. The van der Waals surface area contributed by atoms with E-state index >= 15 is 0 Å². The van der Waals surface area contributed by atoms with Gasteiger partial charge in [0.25, 0.3) is 0 Å². The van der Waals surface area contributed by atoms with Crippen LogP contribution in [0.25, 0.3) is 98.7 Å². The summed E-state index contributed by atoms with van der Waals surface area (Å²) in [4.78, 5) is 2.44. The lowest BCUT2D eigenvalue weighted by atomic mass is 9.93. The molecule has 65 heavy (non-hydrogen) atoms. The van der Waals surface area contributed by atoms with Gasteiger partial charge in [0.05, 0.1) is 5.69 Å². The van der Waals surface area contributed by atoms with Crippen LogP contribution in [-0.2, 0) is 0 Å². The molecule has 12 aromatic rings. The highest BCUT2D eigenvalue weighted by Gasteiger charge is 2.20. The van der Waals surface area contributed by atoms with Crippen molar-refractivity contribution in [2.24, 2.45) is 0 Å². The Morgan fingerprint density at radius 1 is 0.200 bits per heavy atom. The van der Waals surface area contributed by atoms with Gasteiger partial charge in [-0.15, -0.1) is 0 Å². The van der Waals surface area contributed by atoms with Crippen LogP contribution in [0.3, 0.4) is 0 Å². The fourth-order valence-corrected chi connectivity index (χ4v) is 9.67. The predicted octanol–water partition coefficient (Wildman–Crippen LogP) is 18.1. The van der Waals surface area contributed by atoms with Crippen LogP contribution in [0, 0.1) is 0 Å². The van der Waals surface area contributed by atoms with Gasteiger partial charge in [-0.05, 0) is 142 Å². The van der Waals surface area contributed by atoms with E-state index in [1.54, 1.807) is 0 Å². The Morgan fingerprint density at radius 3 is 1.25 bits per heavy atom. The second kappa shape index (κ2) is 16.3. The molecule has 1 heteroatoms.